The SMILES string of the molecule is COc1ccccc1Cn1c(CC[C@H](N)C(=O)NO)nc2ccccc21. The molecule has 7 nitrogen and oxygen atoms in total. The number of carbonyl (C=O) groups excluding carboxylic acids is 1. The lowest BCUT2D eigenvalue weighted by molar-refractivity contribution is -0.130. The summed E-state index contributed by atoms with van der Waals surface area (Å²) in [5.74, 6) is 1.04. The first-order valence-corrected chi connectivity index (χ1v) is 8.39. The van der Waals surface area contributed by atoms with Crippen LogP contribution in [-0.4, -0.2) is 33.8 Å². The average Bonchev–Trinajstić information content (AvgIpc) is 3.03. The number of ether oxygens (including phenoxy) is 1. The number of benzene rings is 2. The largest absolute Gasteiger partial charge is 0.496 e. The quantitative estimate of drug-likeness (QED) is 0.444. The summed E-state index contributed by atoms with van der Waals surface area (Å²) in [7, 11) is 1.65. The van der Waals surface area contributed by atoms with Gasteiger partial charge in [0.2, 0.25) is 0 Å². The van der Waals surface area contributed by atoms with Crippen LogP contribution in [0.5, 0.6) is 5.75 Å². The molecule has 0 radical (unpaired) electrons. The lowest BCUT2D eigenvalue weighted by atomic mass is 10.1. The van der Waals surface area contributed by atoms with Crippen molar-refractivity contribution >= 4 is 16.9 Å². The fraction of sp³-hybridized carbons (Fsp3) is 0.263. The van der Waals surface area contributed by atoms with E-state index < -0.39 is 11.9 Å². The Morgan fingerprint density at radius 1 is 1.27 bits per heavy atom. The number of hydrogen-bond donors (Lipinski definition) is 3. The van der Waals surface area contributed by atoms with Crippen molar-refractivity contribution in [2.45, 2.75) is 25.4 Å². The maximum Gasteiger partial charge on any atom is 0.260 e. The van der Waals surface area contributed by atoms with Gasteiger partial charge in [-0.05, 0) is 24.6 Å². The molecule has 1 heterocycles. The molecule has 0 aliphatic rings. The molecule has 0 aliphatic heterocycles. The van der Waals surface area contributed by atoms with Crippen LogP contribution in [-0.2, 0) is 17.8 Å². The minimum atomic E-state index is -0.792. The highest BCUT2D eigenvalue weighted by Gasteiger charge is 2.17. The molecule has 0 aliphatic carbocycles. The van der Waals surface area contributed by atoms with Crippen molar-refractivity contribution in [3.63, 3.8) is 0 Å². The maximum absolute atomic E-state index is 11.4. The number of aryl methyl sites for hydroxylation is 1. The van der Waals surface area contributed by atoms with Gasteiger partial charge in [-0.15, -0.1) is 0 Å². The van der Waals surface area contributed by atoms with Crippen molar-refractivity contribution < 1.29 is 14.7 Å². The first kappa shape index (κ1) is 17.9. The van der Waals surface area contributed by atoms with Crippen molar-refractivity contribution in [1.82, 2.24) is 15.0 Å². The molecule has 0 spiro atoms. The van der Waals surface area contributed by atoms with Crippen molar-refractivity contribution in [1.29, 1.82) is 0 Å². The van der Waals surface area contributed by atoms with Crippen LogP contribution >= 0.6 is 0 Å². The Hall–Kier alpha value is -2.90. The number of aromatic nitrogens is 2. The highest BCUT2D eigenvalue weighted by Crippen LogP contribution is 2.23. The van der Waals surface area contributed by atoms with Gasteiger partial charge >= 0.3 is 0 Å². The lowest BCUT2D eigenvalue weighted by Crippen LogP contribution is -2.39. The minimum absolute atomic E-state index is 0.377. The van der Waals surface area contributed by atoms with Crippen LogP contribution in [0.3, 0.4) is 0 Å². The molecule has 1 atom stereocenters. The molecule has 136 valence electrons. The minimum Gasteiger partial charge on any atom is -0.496 e. The maximum atomic E-state index is 11.4. The van der Waals surface area contributed by atoms with E-state index >= 15 is 0 Å². The van der Waals surface area contributed by atoms with Gasteiger partial charge in [0.1, 0.15) is 11.6 Å². The van der Waals surface area contributed by atoms with E-state index in [0.29, 0.717) is 19.4 Å². The summed E-state index contributed by atoms with van der Waals surface area (Å²) in [5, 5.41) is 8.71. The molecule has 26 heavy (non-hydrogen) atoms. The van der Waals surface area contributed by atoms with Crippen molar-refractivity contribution in [3.05, 3.63) is 59.9 Å². The third-order valence-corrected chi connectivity index (χ3v) is 4.38. The molecule has 4 N–H and O–H groups in total. The number of nitrogens with zero attached hydrogens (tertiary/aromatic N) is 2. The number of hydrogen-bond acceptors (Lipinski definition) is 5. The van der Waals surface area contributed by atoms with Gasteiger partial charge in [0.25, 0.3) is 5.91 Å². The first-order chi connectivity index (χ1) is 12.6. The Morgan fingerprint density at radius 3 is 2.77 bits per heavy atom. The smallest absolute Gasteiger partial charge is 0.260 e. The topological polar surface area (TPSA) is 102 Å². The number of para-hydroxylation sites is 3. The van der Waals surface area contributed by atoms with Crippen LogP contribution in [0.15, 0.2) is 48.5 Å². The van der Waals surface area contributed by atoms with E-state index in [2.05, 4.69) is 4.57 Å². The Kier molecular flexibility index (Phi) is 5.50. The van der Waals surface area contributed by atoms with E-state index in [1.54, 1.807) is 12.6 Å². The number of imidazole rings is 1. The molecule has 7 heteroatoms. The van der Waals surface area contributed by atoms with Crippen LogP contribution in [0.1, 0.15) is 17.8 Å². The number of carbonyl (C=O) groups is 1. The molecule has 3 rings (SSSR count). The third kappa shape index (κ3) is 3.68. The zero-order valence-corrected chi connectivity index (χ0v) is 14.6. The molecule has 0 unspecified atom stereocenters. The van der Waals surface area contributed by atoms with E-state index in [4.69, 9.17) is 20.7 Å². The predicted octanol–water partition coefficient (Wildman–Crippen LogP) is 1.86. The van der Waals surface area contributed by atoms with Gasteiger partial charge in [-0.1, -0.05) is 30.3 Å². The Balaban J connectivity index is 1.93. The monoisotopic (exact) mass is 354 g/mol. The number of methoxy groups -OCH3 is 1. The summed E-state index contributed by atoms with van der Waals surface area (Å²) in [6.45, 7) is 0.599. The number of nitrogens with one attached hydrogen (secondary N) is 1. The standard InChI is InChI=1S/C19H22N4O3/c1-26-17-9-5-2-6-13(17)12-23-16-8-4-3-7-15(16)21-18(23)11-10-14(20)19(24)22-25/h2-9,14,25H,10-12,20H2,1H3,(H,22,24)/t14-/m0/s1. The lowest BCUT2D eigenvalue weighted by Gasteiger charge is -2.13. The van der Waals surface area contributed by atoms with Gasteiger partial charge in [0.15, 0.2) is 0 Å². The molecule has 3 aromatic rings. The highest BCUT2D eigenvalue weighted by atomic mass is 16.5. The van der Waals surface area contributed by atoms with E-state index in [9.17, 15) is 4.79 Å². The highest BCUT2D eigenvalue weighted by molar-refractivity contribution is 5.80. The molecule has 1 aromatic heterocycles. The van der Waals surface area contributed by atoms with E-state index in [-0.39, 0.29) is 0 Å². The van der Waals surface area contributed by atoms with Gasteiger partial charge < -0.3 is 15.0 Å². The third-order valence-electron chi connectivity index (χ3n) is 4.38. The first-order valence-electron chi connectivity index (χ1n) is 8.39. The normalized spacial score (nSPS) is 12.1. The van der Waals surface area contributed by atoms with Crippen molar-refractivity contribution in [2.75, 3.05) is 7.11 Å². The number of hydroxylamine groups is 1. The Morgan fingerprint density at radius 2 is 2.00 bits per heavy atom. The van der Waals surface area contributed by atoms with E-state index in [1.807, 2.05) is 48.5 Å². The molecule has 0 fully saturated rings. The summed E-state index contributed by atoms with van der Waals surface area (Å²) < 4.78 is 7.56. The predicted molar refractivity (Wildman–Crippen MR) is 98.1 cm³/mol. The van der Waals surface area contributed by atoms with Crippen LogP contribution in [0.4, 0.5) is 0 Å². The van der Waals surface area contributed by atoms with Crippen LogP contribution in [0, 0.1) is 0 Å². The van der Waals surface area contributed by atoms with Crippen LogP contribution in [0.25, 0.3) is 11.0 Å². The average molecular weight is 354 g/mol. The molecule has 2 aromatic carbocycles. The van der Waals surface area contributed by atoms with E-state index in [0.717, 1.165) is 28.2 Å². The Labute approximate surface area is 151 Å². The molecule has 0 bridgehead atoms. The molecule has 0 saturated carbocycles. The summed E-state index contributed by atoms with van der Waals surface area (Å²) in [6.07, 6.45) is 0.889. The zero-order chi connectivity index (χ0) is 18.5. The zero-order valence-electron chi connectivity index (χ0n) is 14.6. The summed E-state index contributed by atoms with van der Waals surface area (Å²) in [5.41, 5.74) is 10.3. The second-order valence-electron chi connectivity index (χ2n) is 6.04. The van der Waals surface area contributed by atoms with Gasteiger partial charge in [-0.3, -0.25) is 10.0 Å². The fourth-order valence-corrected chi connectivity index (χ4v) is 3.00. The van der Waals surface area contributed by atoms with Crippen molar-refractivity contribution in [3.8, 4) is 5.75 Å². The van der Waals surface area contributed by atoms with Gasteiger partial charge in [0, 0.05) is 12.0 Å². The number of rotatable bonds is 7. The number of nitrogens with two attached hydrogens (primary N) is 1. The Bertz CT molecular complexity index is 907. The van der Waals surface area contributed by atoms with Crippen molar-refractivity contribution in [2.24, 2.45) is 5.73 Å². The summed E-state index contributed by atoms with van der Waals surface area (Å²) in [4.78, 5) is 16.1. The molecular formula is C19H22N4O3. The molecule has 0 saturated heterocycles. The summed E-state index contributed by atoms with van der Waals surface area (Å²) in [6, 6.07) is 14.9. The van der Waals surface area contributed by atoms with E-state index in [1.165, 1.54) is 0 Å². The van der Waals surface area contributed by atoms with Gasteiger partial charge in [-0.25, -0.2) is 10.5 Å². The molecular weight excluding hydrogens is 332 g/mol. The second kappa shape index (κ2) is 7.99. The van der Waals surface area contributed by atoms with Gasteiger partial charge in [-0.2, -0.15) is 0 Å². The van der Waals surface area contributed by atoms with Gasteiger partial charge in [0.05, 0.1) is 30.7 Å². The fourth-order valence-electron chi connectivity index (χ4n) is 3.00. The summed E-state index contributed by atoms with van der Waals surface area (Å²) >= 11 is 0. The van der Waals surface area contributed by atoms with Crippen LogP contribution in [0.2, 0.25) is 0 Å². The molecule has 1 amide bonds. The van der Waals surface area contributed by atoms with Crippen LogP contribution < -0.4 is 16.0 Å². The number of amides is 1. The second-order valence-corrected chi connectivity index (χ2v) is 6.04. The number of fused-ring (bicyclic) bond motifs is 1.